The third-order valence-corrected chi connectivity index (χ3v) is 5.17. The SMILES string of the molecule is NC1c2c(ccc3ccccc23)CC12CCNCC2. The van der Waals surface area contributed by atoms with Gasteiger partial charge in [0.05, 0.1) is 0 Å². The maximum Gasteiger partial charge on any atom is 0.0365 e. The van der Waals surface area contributed by atoms with Crippen molar-refractivity contribution in [3.8, 4) is 0 Å². The van der Waals surface area contributed by atoms with Gasteiger partial charge in [-0.1, -0.05) is 36.4 Å². The van der Waals surface area contributed by atoms with Gasteiger partial charge in [-0.3, -0.25) is 0 Å². The van der Waals surface area contributed by atoms with Crippen molar-refractivity contribution in [3.63, 3.8) is 0 Å². The largest absolute Gasteiger partial charge is 0.323 e. The number of rotatable bonds is 0. The van der Waals surface area contributed by atoms with Gasteiger partial charge in [-0.25, -0.2) is 0 Å². The maximum absolute atomic E-state index is 6.69. The zero-order valence-corrected chi connectivity index (χ0v) is 11.2. The lowest BCUT2D eigenvalue weighted by Gasteiger charge is -2.38. The van der Waals surface area contributed by atoms with Gasteiger partial charge >= 0.3 is 0 Å². The molecule has 2 heteroatoms. The van der Waals surface area contributed by atoms with Crippen molar-refractivity contribution in [2.75, 3.05) is 13.1 Å². The van der Waals surface area contributed by atoms with Gasteiger partial charge in [0.1, 0.15) is 0 Å². The molecule has 1 spiro atoms. The van der Waals surface area contributed by atoms with Crippen molar-refractivity contribution >= 4 is 10.8 Å². The molecule has 0 aromatic heterocycles. The summed E-state index contributed by atoms with van der Waals surface area (Å²) in [6, 6.07) is 13.4. The Kier molecular flexibility index (Phi) is 2.44. The second kappa shape index (κ2) is 4.06. The molecule has 2 aromatic carbocycles. The molecule has 2 nitrogen and oxygen atoms in total. The Hall–Kier alpha value is -1.38. The van der Waals surface area contributed by atoms with E-state index in [2.05, 4.69) is 41.7 Å². The van der Waals surface area contributed by atoms with Crippen LogP contribution in [-0.2, 0) is 6.42 Å². The molecule has 1 unspecified atom stereocenters. The van der Waals surface area contributed by atoms with Crippen LogP contribution in [-0.4, -0.2) is 13.1 Å². The van der Waals surface area contributed by atoms with E-state index in [0.717, 1.165) is 19.5 Å². The summed E-state index contributed by atoms with van der Waals surface area (Å²) in [6.07, 6.45) is 3.57. The average molecular weight is 252 g/mol. The van der Waals surface area contributed by atoms with Crippen LogP contribution in [0.3, 0.4) is 0 Å². The summed E-state index contributed by atoms with van der Waals surface area (Å²) in [5.74, 6) is 0. The van der Waals surface area contributed by atoms with Crippen LogP contribution >= 0.6 is 0 Å². The van der Waals surface area contributed by atoms with Crippen LogP contribution in [0.15, 0.2) is 36.4 Å². The minimum absolute atomic E-state index is 0.204. The highest BCUT2D eigenvalue weighted by Gasteiger charge is 2.45. The van der Waals surface area contributed by atoms with Crippen molar-refractivity contribution in [1.29, 1.82) is 0 Å². The highest BCUT2D eigenvalue weighted by molar-refractivity contribution is 5.88. The Morgan fingerprint density at radius 3 is 2.68 bits per heavy atom. The van der Waals surface area contributed by atoms with Crippen molar-refractivity contribution in [1.82, 2.24) is 5.32 Å². The molecule has 2 aliphatic rings. The molecule has 1 heterocycles. The second-order valence-corrected chi connectivity index (χ2v) is 6.13. The Balaban J connectivity index is 1.89. The first-order chi connectivity index (χ1) is 9.30. The molecule has 3 N–H and O–H groups in total. The molecule has 1 fully saturated rings. The van der Waals surface area contributed by atoms with Crippen LogP contribution in [0.1, 0.15) is 30.0 Å². The van der Waals surface area contributed by atoms with Crippen LogP contribution < -0.4 is 11.1 Å². The van der Waals surface area contributed by atoms with E-state index >= 15 is 0 Å². The minimum Gasteiger partial charge on any atom is -0.323 e. The standard InChI is InChI=1S/C17H20N2/c18-16-15-13(11-17(16)7-9-19-10-8-17)6-5-12-3-1-2-4-14(12)15/h1-6,16,19H,7-11,18H2. The normalized spacial score (nSPS) is 24.8. The molecule has 19 heavy (non-hydrogen) atoms. The Bertz CT molecular complexity index is 626. The molecule has 0 bridgehead atoms. The van der Waals surface area contributed by atoms with E-state index in [9.17, 15) is 0 Å². The third kappa shape index (κ3) is 1.57. The molecule has 0 amide bonds. The van der Waals surface area contributed by atoms with E-state index in [1.165, 1.54) is 34.7 Å². The first kappa shape index (κ1) is 11.4. The number of piperidine rings is 1. The van der Waals surface area contributed by atoms with Crippen molar-refractivity contribution < 1.29 is 0 Å². The third-order valence-electron chi connectivity index (χ3n) is 5.17. The summed E-state index contributed by atoms with van der Waals surface area (Å²) in [5.41, 5.74) is 9.89. The fourth-order valence-electron chi connectivity index (χ4n) is 4.07. The number of nitrogens with two attached hydrogens (primary N) is 1. The lowest BCUT2D eigenvalue weighted by molar-refractivity contribution is 0.174. The predicted octanol–water partition coefficient (Wildman–Crippen LogP) is 2.77. The zero-order valence-electron chi connectivity index (χ0n) is 11.2. The van der Waals surface area contributed by atoms with Gasteiger partial charge in [-0.05, 0) is 59.7 Å². The molecule has 1 saturated heterocycles. The summed E-state index contributed by atoms with van der Waals surface area (Å²) in [5, 5.41) is 6.15. The molecule has 1 aliphatic heterocycles. The van der Waals surface area contributed by atoms with Crippen molar-refractivity contribution in [3.05, 3.63) is 47.5 Å². The minimum atomic E-state index is 0.204. The number of hydrogen-bond acceptors (Lipinski definition) is 2. The van der Waals surface area contributed by atoms with Gasteiger partial charge in [-0.15, -0.1) is 0 Å². The van der Waals surface area contributed by atoms with E-state index in [1.807, 2.05) is 0 Å². The maximum atomic E-state index is 6.69. The molecule has 4 rings (SSSR count). The topological polar surface area (TPSA) is 38.0 Å². The molecule has 0 saturated carbocycles. The second-order valence-electron chi connectivity index (χ2n) is 6.13. The number of nitrogens with one attached hydrogen (secondary N) is 1. The summed E-state index contributed by atoms with van der Waals surface area (Å²) in [6.45, 7) is 2.22. The summed E-state index contributed by atoms with van der Waals surface area (Å²) in [7, 11) is 0. The quantitative estimate of drug-likeness (QED) is 0.756. The molecular weight excluding hydrogens is 232 g/mol. The van der Waals surface area contributed by atoms with Gasteiger partial charge in [0.25, 0.3) is 0 Å². The first-order valence-electron chi connectivity index (χ1n) is 7.27. The van der Waals surface area contributed by atoms with E-state index < -0.39 is 0 Å². The van der Waals surface area contributed by atoms with Gasteiger partial charge in [0, 0.05) is 6.04 Å². The Labute approximate surface area is 114 Å². The molecule has 1 aliphatic carbocycles. The first-order valence-corrected chi connectivity index (χ1v) is 7.27. The molecule has 98 valence electrons. The zero-order chi connectivity index (χ0) is 12.9. The van der Waals surface area contributed by atoms with Gasteiger partial charge in [0.15, 0.2) is 0 Å². The van der Waals surface area contributed by atoms with E-state index in [-0.39, 0.29) is 6.04 Å². The van der Waals surface area contributed by atoms with Crippen molar-refractivity contribution in [2.24, 2.45) is 11.1 Å². The van der Waals surface area contributed by atoms with E-state index in [1.54, 1.807) is 0 Å². The Morgan fingerprint density at radius 2 is 1.84 bits per heavy atom. The smallest absolute Gasteiger partial charge is 0.0365 e. The highest BCUT2D eigenvalue weighted by Crippen LogP contribution is 2.51. The lowest BCUT2D eigenvalue weighted by Crippen LogP contribution is -2.42. The van der Waals surface area contributed by atoms with Crippen LogP contribution in [0, 0.1) is 5.41 Å². The summed E-state index contributed by atoms with van der Waals surface area (Å²) >= 11 is 0. The van der Waals surface area contributed by atoms with Crippen LogP contribution in [0.25, 0.3) is 10.8 Å². The summed E-state index contributed by atoms with van der Waals surface area (Å²) in [4.78, 5) is 0. The average Bonchev–Trinajstić information content (AvgIpc) is 2.73. The Morgan fingerprint density at radius 1 is 1.05 bits per heavy atom. The molecule has 0 radical (unpaired) electrons. The van der Waals surface area contributed by atoms with Gasteiger partial charge < -0.3 is 11.1 Å². The van der Waals surface area contributed by atoms with Gasteiger partial charge in [-0.2, -0.15) is 0 Å². The van der Waals surface area contributed by atoms with Crippen LogP contribution in [0.5, 0.6) is 0 Å². The monoisotopic (exact) mass is 252 g/mol. The van der Waals surface area contributed by atoms with E-state index in [4.69, 9.17) is 5.73 Å². The predicted molar refractivity (Wildman–Crippen MR) is 79.1 cm³/mol. The molecule has 1 atom stereocenters. The summed E-state index contributed by atoms with van der Waals surface area (Å²) < 4.78 is 0. The van der Waals surface area contributed by atoms with Crippen LogP contribution in [0.2, 0.25) is 0 Å². The van der Waals surface area contributed by atoms with Gasteiger partial charge in [0.2, 0.25) is 0 Å². The van der Waals surface area contributed by atoms with Crippen LogP contribution in [0.4, 0.5) is 0 Å². The number of fused-ring (bicyclic) bond motifs is 3. The molecule has 2 aromatic rings. The fraction of sp³-hybridized carbons (Fsp3) is 0.412. The highest BCUT2D eigenvalue weighted by atomic mass is 14.9. The lowest BCUT2D eigenvalue weighted by atomic mass is 9.73. The van der Waals surface area contributed by atoms with E-state index in [0.29, 0.717) is 5.41 Å². The fourth-order valence-corrected chi connectivity index (χ4v) is 4.07. The molecular formula is C17H20N2. The number of hydrogen-bond donors (Lipinski definition) is 2. The number of benzene rings is 2. The van der Waals surface area contributed by atoms with Crippen molar-refractivity contribution in [2.45, 2.75) is 25.3 Å².